The van der Waals surface area contributed by atoms with Crippen molar-refractivity contribution in [2.24, 2.45) is 17.3 Å². The summed E-state index contributed by atoms with van der Waals surface area (Å²) in [5, 5.41) is 19.6. The fourth-order valence-corrected chi connectivity index (χ4v) is 5.25. The average molecular weight is 529 g/mol. The number of hydrogen-bond acceptors (Lipinski definition) is 4. The average Bonchev–Trinajstić information content (AvgIpc) is 3.40. The molecule has 0 aliphatic heterocycles. The fraction of sp³-hybridized carbons (Fsp3) is 0.567. The number of aliphatic carboxylic acids is 1. The maximum absolute atomic E-state index is 13.4. The van der Waals surface area contributed by atoms with Crippen LogP contribution in [-0.2, 0) is 20.8 Å². The number of nitrogens with one attached hydrogen (secondary N) is 2. The minimum atomic E-state index is -0.851. The molecule has 0 aliphatic rings. The van der Waals surface area contributed by atoms with Gasteiger partial charge in [-0.2, -0.15) is 11.3 Å². The highest BCUT2D eigenvalue weighted by Crippen LogP contribution is 2.27. The van der Waals surface area contributed by atoms with Gasteiger partial charge in [-0.25, -0.2) is 0 Å². The predicted molar refractivity (Wildman–Crippen MR) is 152 cm³/mol. The maximum Gasteiger partial charge on any atom is 0.306 e. The third kappa shape index (κ3) is 9.95. The second-order valence-electron chi connectivity index (χ2n) is 11.0. The van der Waals surface area contributed by atoms with Crippen molar-refractivity contribution in [3.8, 4) is 11.1 Å². The number of unbranched alkanes of at least 4 members (excludes halogenated alkanes) is 2. The molecule has 0 fully saturated rings. The molecule has 0 bridgehead atoms. The van der Waals surface area contributed by atoms with Crippen molar-refractivity contribution >= 4 is 29.1 Å². The number of carboxylic acid groups (broad SMARTS) is 1. The standard InChI is InChI=1S/C30H44N2O4S/c1-6-7-11-24(29(35)36)19-23(27(33)32-26(28(34)31-5)30(2,3)4)12-9-8-10-21-13-15-22(16-14-21)25-17-18-37-20-25/h13-18,20,23-24,26H,6-12,19H2,1-5H3,(H,31,34)(H,32,33)(H,35,36)/t23-,24+,26-/m1/s1. The first kappa shape index (κ1) is 30.6. The van der Waals surface area contributed by atoms with E-state index in [0.717, 1.165) is 32.1 Å². The molecular formula is C30H44N2O4S. The summed E-state index contributed by atoms with van der Waals surface area (Å²) in [5.41, 5.74) is 3.22. The van der Waals surface area contributed by atoms with Crippen LogP contribution in [0, 0.1) is 17.3 Å². The first-order valence-corrected chi connectivity index (χ1v) is 14.4. The minimum Gasteiger partial charge on any atom is -0.481 e. The Morgan fingerprint density at radius 2 is 1.59 bits per heavy atom. The van der Waals surface area contributed by atoms with Crippen molar-refractivity contribution in [1.82, 2.24) is 10.6 Å². The summed E-state index contributed by atoms with van der Waals surface area (Å²) >= 11 is 1.69. The minimum absolute atomic E-state index is 0.230. The van der Waals surface area contributed by atoms with E-state index in [1.54, 1.807) is 18.4 Å². The number of carbonyl (C=O) groups excluding carboxylic acids is 2. The van der Waals surface area contributed by atoms with Gasteiger partial charge in [-0.3, -0.25) is 14.4 Å². The third-order valence-electron chi connectivity index (χ3n) is 6.93. The molecule has 0 saturated heterocycles. The number of carboxylic acids is 1. The number of benzene rings is 1. The summed E-state index contributed by atoms with van der Waals surface area (Å²) in [6, 6.07) is 10.0. The van der Waals surface area contributed by atoms with Crippen LogP contribution in [-0.4, -0.2) is 36.0 Å². The molecule has 37 heavy (non-hydrogen) atoms. The van der Waals surface area contributed by atoms with Gasteiger partial charge in [-0.15, -0.1) is 0 Å². The molecule has 2 aromatic rings. The summed E-state index contributed by atoms with van der Waals surface area (Å²) in [6.45, 7) is 7.76. The highest BCUT2D eigenvalue weighted by Gasteiger charge is 2.35. The van der Waals surface area contributed by atoms with Gasteiger partial charge in [0.2, 0.25) is 11.8 Å². The Hall–Kier alpha value is -2.67. The van der Waals surface area contributed by atoms with Crippen LogP contribution in [0.4, 0.5) is 0 Å². The van der Waals surface area contributed by atoms with Crippen LogP contribution in [0.2, 0.25) is 0 Å². The van der Waals surface area contributed by atoms with Crippen molar-refractivity contribution in [2.75, 3.05) is 7.05 Å². The second kappa shape index (κ2) is 14.9. The second-order valence-corrected chi connectivity index (χ2v) is 11.8. The molecule has 2 amide bonds. The van der Waals surface area contributed by atoms with Gasteiger partial charge >= 0.3 is 5.97 Å². The van der Waals surface area contributed by atoms with E-state index >= 15 is 0 Å². The Balaban J connectivity index is 2.04. The van der Waals surface area contributed by atoms with Gasteiger partial charge in [0.25, 0.3) is 0 Å². The molecule has 7 heteroatoms. The first-order chi connectivity index (χ1) is 17.6. The van der Waals surface area contributed by atoms with E-state index in [0.29, 0.717) is 19.3 Å². The molecule has 0 spiro atoms. The lowest BCUT2D eigenvalue weighted by Gasteiger charge is -2.31. The number of thiophene rings is 1. The molecule has 3 N–H and O–H groups in total. The van der Waals surface area contributed by atoms with Crippen LogP contribution >= 0.6 is 11.3 Å². The Morgan fingerprint density at radius 1 is 0.919 bits per heavy atom. The molecule has 0 unspecified atom stereocenters. The number of likely N-dealkylation sites (N-methyl/N-ethyl adjacent to an activating group) is 1. The topological polar surface area (TPSA) is 95.5 Å². The first-order valence-electron chi connectivity index (χ1n) is 13.4. The molecule has 2 rings (SSSR count). The largest absolute Gasteiger partial charge is 0.481 e. The van der Waals surface area contributed by atoms with Gasteiger partial charge in [-0.05, 0) is 71.0 Å². The zero-order chi connectivity index (χ0) is 27.4. The summed E-state index contributed by atoms with van der Waals surface area (Å²) in [4.78, 5) is 37.8. The molecule has 0 aliphatic carbocycles. The molecule has 0 saturated carbocycles. The molecule has 3 atom stereocenters. The van der Waals surface area contributed by atoms with E-state index in [-0.39, 0.29) is 11.8 Å². The molecule has 1 aromatic heterocycles. The van der Waals surface area contributed by atoms with E-state index < -0.39 is 29.3 Å². The molecular weight excluding hydrogens is 484 g/mol. The number of aryl methyl sites for hydroxylation is 1. The number of amides is 2. The van der Waals surface area contributed by atoms with Crippen LogP contribution in [0.25, 0.3) is 11.1 Å². The van der Waals surface area contributed by atoms with Gasteiger partial charge in [0.15, 0.2) is 0 Å². The normalized spacial score (nSPS) is 14.0. The van der Waals surface area contributed by atoms with E-state index in [9.17, 15) is 19.5 Å². The number of carbonyl (C=O) groups is 3. The van der Waals surface area contributed by atoms with E-state index in [4.69, 9.17) is 0 Å². The fourth-order valence-electron chi connectivity index (χ4n) is 4.58. The van der Waals surface area contributed by atoms with E-state index in [1.165, 1.54) is 16.7 Å². The summed E-state index contributed by atoms with van der Waals surface area (Å²) < 4.78 is 0. The molecule has 0 radical (unpaired) electrons. The monoisotopic (exact) mass is 528 g/mol. The summed E-state index contributed by atoms with van der Waals surface area (Å²) in [5.74, 6) is -2.34. The lowest BCUT2D eigenvalue weighted by Crippen LogP contribution is -2.54. The van der Waals surface area contributed by atoms with Crippen LogP contribution in [0.1, 0.15) is 78.2 Å². The van der Waals surface area contributed by atoms with Crippen LogP contribution in [0.3, 0.4) is 0 Å². The summed E-state index contributed by atoms with van der Waals surface area (Å²) in [6.07, 6.45) is 5.80. The third-order valence-corrected chi connectivity index (χ3v) is 7.62. The van der Waals surface area contributed by atoms with Gasteiger partial charge in [0, 0.05) is 13.0 Å². The van der Waals surface area contributed by atoms with Crippen molar-refractivity contribution in [1.29, 1.82) is 0 Å². The zero-order valence-corrected chi connectivity index (χ0v) is 23.8. The van der Waals surface area contributed by atoms with Crippen molar-refractivity contribution in [2.45, 2.75) is 85.1 Å². The Labute approximate surface area is 226 Å². The SMILES string of the molecule is CCCC[C@@H](C[C@@H](CCCCc1ccc(-c2ccsc2)cc1)C(=O)N[C@H](C(=O)NC)C(C)(C)C)C(=O)O. The quantitative estimate of drug-likeness (QED) is 0.236. The zero-order valence-electron chi connectivity index (χ0n) is 23.0. The number of hydrogen-bond donors (Lipinski definition) is 3. The predicted octanol–water partition coefficient (Wildman–Crippen LogP) is 6.30. The van der Waals surface area contributed by atoms with E-state index in [2.05, 4.69) is 51.7 Å². The molecule has 1 aromatic carbocycles. The Bertz CT molecular complexity index is 980. The van der Waals surface area contributed by atoms with Gasteiger partial charge < -0.3 is 15.7 Å². The lowest BCUT2D eigenvalue weighted by atomic mass is 9.83. The highest BCUT2D eigenvalue weighted by molar-refractivity contribution is 7.08. The number of rotatable bonds is 15. The van der Waals surface area contributed by atoms with Crippen molar-refractivity contribution < 1.29 is 19.5 Å². The van der Waals surface area contributed by atoms with Crippen LogP contribution in [0.15, 0.2) is 41.1 Å². The van der Waals surface area contributed by atoms with Crippen molar-refractivity contribution in [3.63, 3.8) is 0 Å². The van der Waals surface area contributed by atoms with Gasteiger partial charge in [0.1, 0.15) is 6.04 Å². The lowest BCUT2D eigenvalue weighted by molar-refractivity contribution is -0.143. The van der Waals surface area contributed by atoms with Gasteiger partial charge in [-0.1, -0.05) is 71.2 Å². The summed E-state index contributed by atoms with van der Waals surface area (Å²) in [7, 11) is 1.56. The Morgan fingerprint density at radius 3 is 2.14 bits per heavy atom. The van der Waals surface area contributed by atoms with Crippen LogP contribution < -0.4 is 10.6 Å². The highest BCUT2D eigenvalue weighted by atomic mass is 32.1. The maximum atomic E-state index is 13.4. The van der Waals surface area contributed by atoms with E-state index in [1.807, 2.05) is 27.7 Å². The Kier molecular flexibility index (Phi) is 12.3. The van der Waals surface area contributed by atoms with Gasteiger partial charge in [0.05, 0.1) is 5.92 Å². The molecule has 204 valence electrons. The molecule has 6 nitrogen and oxygen atoms in total. The van der Waals surface area contributed by atoms with Crippen molar-refractivity contribution in [3.05, 3.63) is 46.7 Å². The smallest absolute Gasteiger partial charge is 0.306 e. The van der Waals surface area contributed by atoms with Crippen LogP contribution in [0.5, 0.6) is 0 Å². The molecule has 1 heterocycles.